The van der Waals surface area contributed by atoms with Gasteiger partial charge in [-0.15, -0.1) is 6.58 Å². The lowest BCUT2D eigenvalue weighted by molar-refractivity contribution is 0.689. The van der Waals surface area contributed by atoms with Crippen LogP contribution in [0.2, 0.25) is 0 Å². The van der Waals surface area contributed by atoms with Crippen molar-refractivity contribution in [2.75, 3.05) is 6.54 Å². The Morgan fingerprint density at radius 3 is 2.70 bits per heavy atom. The minimum atomic E-state index is 0.729. The van der Waals surface area contributed by atoms with E-state index < -0.39 is 0 Å². The average molecular weight is 139 g/mol. The van der Waals surface area contributed by atoms with Crippen molar-refractivity contribution >= 4 is 6.21 Å². The van der Waals surface area contributed by atoms with Gasteiger partial charge in [0.05, 0.1) is 0 Å². The van der Waals surface area contributed by atoms with E-state index in [0.29, 0.717) is 0 Å². The normalized spacial score (nSPS) is 11.1. The SMILES string of the molecule is C=CCCN=CCC(C)C. The van der Waals surface area contributed by atoms with E-state index in [1.165, 1.54) is 0 Å². The number of rotatable bonds is 5. The van der Waals surface area contributed by atoms with Crippen LogP contribution in [-0.2, 0) is 0 Å². The van der Waals surface area contributed by atoms with Crippen LogP contribution >= 0.6 is 0 Å². The summed E-state index contributed by atoms with van der Waals surface area (Å²) in [4.78, 5) is 4.20. The molecule has 0 aromatic rings. The molecule has 0 aliphatic heterocycles. The maximum Gasteiger partial charge on any atom is 0.0419 e. The van der Waals surface area contributed by atoms with Crippen molar-refractivity contribution in [3.05, 3.63) is 12.7 Å². The van der Waals surface area contributed by atoms with Crippen LogP contribution in [0.5, 0.6) is 0 Å². The Kier molecular flexibility index (Phi) is 6.14. The summed E-state index contributed by atoms with van der Waals surface area (Å²) in [5.41, 5.74) is 0. The predicted molar refractivity (Wildman–Crippen MR) is 47.6 cm³/mol. The molecule has 0 heterocycles. The van der Waals surface area contributed by atoms with E-state index in [4.69, 9.17) is 0 Å². The second-order valence-corrected chi connectivity index (χ2v) is 2.80. The van der Waals surface area contributed by atoms with E-state index in [1.54, 1.807) is 0 Å². The number of hydrogen-bond acceptors (Lipinski definition) is 1. The van der Waals surface area contributed by atoms with Gasteiger partial charge in [0.25, 0.3) is 0 Å². The summed E-state index contributed by atoms with van der Waals surface area (Å²) in [7, 11) is 0. The van der Waals surface area contributed by atoms with Crippen LogP contribution in [0.1, 0.15) is 26.7 Å². The topological polar surface area (TPSA) is 12.4 Å². The molecule has 58 valence electrons. The van der Waals surface area contributed by atoms with Gasteiger partial charge in [0.2, 0.25) is 0 Å². The fourth-order valence-corrected chi connectivity index (χ4v) is 0.542. The van der Waals surface area contributed by atoms with Crippen LogP contribution in [0.3, 0.4) is 0 Å². The molecule has 0 N–H and O–H groups in total. The molecule has 0 atom stereocenters. The Bertz CT molecular complexity index is 103. The number of hydrogen-bond donors (Lipinski definition) is 0. The summed E-state index contributed by atoms with van der Waals surface area (Å²) in [6.45, 7) is 8.91. The van der Waals surface area contributed by atoms with E-state index in [0.717, 1.165) is 25.3 Å². The zero-order valence-electron chi connectivity index (χ0n) is 7.01. The Labute approximate surface area is 63.9 Å². The quantitative estimate of drug-likeness (QED) is 0.315. The molecule has 0 unspecified atom stereocenters. The van der Waals surface area contributed by atoms with Crippen LogP contribution in [0.15, 0.2) is 17.6 Å². The molecule has 0 aromatic carbocycles. The number of aliphatic imine (C=N–C) groups is 1. The standard InChI is InChI=1S/C9H17N/c1-4-5-7-10-8-6-9(2)3/h4,8-9H,1,5-7H2,2-3H3. The van der Waals surface area contributed by atoms with Gasteiger partial charge in [0.15, 0.2) is 0 Å². The highest BCUT2D eigenvalue weighted by Gasteiger charge is 1.86. The Hall–Kier alpha value is -0.590. The first-order valence-electron chi connectivity index (χ1n) is 3.86. The summed E-state index contributed by atoms with van der Waals surface area (Å²) in [6, 6.07) is 0. The van der Waals surface area contributed by atoms with E-state index in [2.05, 4.69) is 25.4 Å². The van der Waals surface area contributed by atoms with Gasteiger partial charge in [-0.2, -0.15) is 0 Å². The molecule has 0 fully saturated rings. The van der Waals surface area contributed by atoms with Gasteiger partial charge < -0.3 is 0 Å². The molecular formula is C9H17N. The predicted octanol–water partition coefficient (Wildman–Crippen LogP) is 2.68. The summed E-state index contributed by atoms with van der Waals surface area (Å²) in [5, 5.41) is 0. The van der Waals surface area contributed by atoms with Crippen molar-refractivity contribution in [1.29, 1.82) is 0 Å². The second kappa shape index (κ2) is 6.53. The van der Waals surface area contributed by atoms with Gasteiger partial charge in [-0.25, -0.2) is 0 Å². The lowest BCUT2D eigenvalue weighted by atomic mass is 10.2. The van der Waals surface area contributed by atoms with Gasteiger partial charge in [-0.1, -0.05) is 19.9 Å². The zero-order valence-corrected chi connectivity index (χ0v) is 7.01. The lowest BCUT2D eigenvalue weighted by Crippen LogP contribution is -1.88. The smallest absolute Gasteiger partial charge is 0.0419 e. The largest absolute Gasteiger partial charge is 0.297 e. The second-order valence-electron chi connectivity index (χ2n) is 2.80. The minimum Gasteiger partial charge on any atom is -0.297 e. The van der Waals surface area contributed by atoms with Crippen molar-refractivity contribution in [1.82, 2.24) is 0 Å². The van der Waals surface area contributed by atoms with E-state index >= 15 is 0 Å². The first-order chi connectivity index (χ1) is 4.77. The molecule has 0 aliphatic carbocycles. The molecule has 0 aromatic heterocycles. The molecule has 0 bridgehead atoms. The summed E-state index contributed by atoms with van der Waals surface area (Å²) >= 11 is 0. The van der Waals surface area contributed by atoms with Crippen molar-refractivity contribution < 1.29 is 0 Å². The Morgan fingerprint density at radius 1 is 1.50 bits per heavy atom. The molecule has 0 amide bonds. The van der Waals surface area contributed by atoms with Gasteiger partial charge in [0.1, 0.15) is 0 Å². The molecular weight excluding hydrogens is 122 g/mol. The molecule has 0 aliphatic rings. The summed E-state index contributed by atoms with van der Waals surface area (Å²) < 4.78 is 0. The van der Waals surface area contributed by atoms with Crippen LogP contribution in [0, 0.1) is 5.92 Å². The van der Waals surface area contributed by atoms with E-state index in [-0.39, 0.29) is 0 Å². The maximum absolute atomic E-state index is 4.20. The lowest BCUT2D eigenvalue weighted by Gasteiger charge is -1.95. The molecule has 0 spiro atoms. The zero-order chi connectivity index (χ0) is 7.82. The van der Waals surface area contributed by atoms with Gasteiger partial charge in [0, 0.05) is 6.54 Å². The summed E-state index contributed by atoms with van der Waals surface area (Å²) in [6.07, 6.45) is 5.99. The van der Waals surface area contributed by atoms with Crippen molar-refractivity contribution in [3.63, 3.8) is 0 Å². The fraction of sp³-hybridized carbons (Fsp3) is 0.667. The first-order valence-corrected chi connectivity index (χ1v) is 3.86. The third kappa shape index (κ3) is 7.41. The van der Waals surface area contributed by atoms with Gasteiger partial charge >= 0.3 is 0 Å². The summed E-state index contributed by atoms with van der Waals surface area (Å²) in [5.74, 6) is 0.729. The van der Waals surface area contributed by atoms with Crippen LogP contribution in [-0.4, -0.2) is 12.8 Å². The Morgan fingerprint density at radius 2 is 2.20 bits per heavy atom. The highest BCUT2D eigenvalue weighted by atomic mass is 14.7. The van der Waals surface area contributed by atoms with Crippen molar-refractivity contribution in [2.24, 2.45) is 10.9 Å². The van der Waals surface area contributed by atoms with Gasteiger partial charge in [-0.05, 0) is 25.0 Å². The van der Waals surface area contributed by atoms with Crippen LogP contribution in [0.4, 0.5) is 0 Å². The molecule has 0 radical (unpaired) electrons. The molecule has 0 rings (SSSR count). The van der Waals surface area contributed by atoms with Crippen molar-refractivity contribution in [2.45, 2.75) is 26.7 Å². The number of nitrogens with zero attached hydrogens (tertiary/aromatic N) is 1. The third-order valence-corrected chi connectivity index (χ3v) is 1.17. The van der Waals surface area contributed by atoms with Crippen LogP contribution < -0.4 is 0 Å². The van der Waals surface area contributed by atoms with Crippen LogP contribution in [0.25, 0.3) is 0 Å². The van der Waals surface area contributed by atoms with Gasteiger partial charge in [-0.3, -0.25) is 4.99 Å². The fourth-order valence-electron chi connectivity index (χ4n) is 0.542. The molecule has 10 heavy (non-hydrogen) atoms. The first kappa shape index (κ1) is 9.41. The molecule has 0 saturated carbocycles. The molecule has 0 saturated heterocycles. The van der Waals surface area contributed by atoms with E-state index in [1.807, 2.05) is 12.3 Å². The molecule has 1 nitrogen and oxygen atoms in total. The highest BCUT2D eigenvalue weighted by Crippen LogP contribution is 1.95. The molecule has 1 heteroatoms. The van der Waals surface area contributed by atoms with Crippen molar-refractivity contribution in [3.8, 4) is 0 Å². The highest BCUT2D eigenvalue weighted by molar-refractivity contribution is 5.57. The minimum absolute atomic E-state index is 0.729. The Balaban J connectivity index is 3.11. The maximum atomic E-state index is 4.20. The third-order valence-electron chi connectivity index (χ3n) is 1.17. The average Bonchev–Trinajstić information content (AvgIpc) is 1.87. The van der Waals surface area contributed by atoms with E-state index in [9.17, 15) is 0 Å². The monoisotopic (exact) mass is 139 g/mol.